The van der Waals surface area contributed by atoms with Gasteiger partial charge in [-0.2, -0.15) is 0 Å². The first kappa shape index (κ1) is 21.2. The Morgan fingerprint density at radius 2 is 1.80 bits per heavy atom. The SMILES string of the molecule is CC#Cc1cccc2cc([C@H](C)NC(=O)OC(C)(C)C)n(-c3ccccc3)c(=O)c12. The van der Waals surface area contributed by atoms with Crippen LogP contribution in [0.4, 0.5) is 4.79 Å². The van der Waals surface area contributed by atoms with Crippen LogP contribution in [-0.4, -0.2) is 16.3 Å². The summed E-state index contributed by atoms with van der Waals surface area (Å²) in [6, 6.07) is 16.4. The third-order valence-corrected chi connectivity index (χ3v) is 4.53. The number of fused-ring (bicyclic) bond motifs is 1. The first-order valence-corrected chi connectivity index (χ1v) is 9.87. The number of carbonyl (C=O) groups excluding carboxylic acids is 1. The Morgan fingerprint density at radius 3 is 2.43 bits per heavy atom. The molecule has 2 aromatic carbocycles. The number of ether oxygens (including phenoxy) is 1. The summed E-state index contributed by atoms with van der Waals surface area (Å²) in [5.41, 5.74) is 1.27. The Hall–Kier alpha value is -3.52. The first-order valence-electron chi connectivity index (χ1n) is 9.87. The molecule has 1 amide bonds. The first-order chi connectivity index (χ1) is 14.2. The summed E-state index contributed by atoms with van der Waals surface area (Å²) in [7, 11) is 0. The van der Waals surface area contributed by atoms with Crippen LogP contribution in [0, 0.1) is 11.8 Å². The van der Waals surface area contributed by atoms with Crippen LogP contribution in [-0.2, 0) is 4.74 Å². The number of benzene rings is 2. The highest BCUT2D eigenvalue weighted by molar-refractivity contribution is 5.88. The minimum atomic E-state index is -0.611. The molecule has 3 aromatic rings. The van der Waals surface area contributed by atoms with E-state index in [4.69, 9.17) is 4.74 Å². The van der Waals surface area contributed by atoms with Crippen LogP contribution in [0.25, 0.3) is 16.5 Å². The van der Waals surface area contributed by atoms with Crippen LogP contribution in [0.5, 0.6) is 0 Å². The molecule has 5 heteroatoms. The largest absolute Gasteiger partial charge is 0.444 e. The molecule has 0 aliphatic carbocycles. The molecule has 0 bridgehead atoms. The van der Waals surface area contributed by atoms with Crippen LogP contribution >= 0.6 is 0 Å². The van der Waals surface area contributed by atoms with Crippen molar-refractivity contribution in [2.45, 2.75) is 46.3 Å². The van der Waals surface area contributed by atoms with E-state index < -0.39 is 17.7 Å². The van der Waals surface area contributed by atoms with Crippen molar-refractivity contribution in [3.05, 3.63) is 76.2 Å². The molecule has 1 heterocycles. The van der Waals surface area contributed by atoms with Gasteiger partial charge < -0.3 is 10.1 Å². The van der Waals surface area contributed by atoms with Crippen molar-refractivity contribution < 1.29 is 9.53 Å². The number of pyridine rings is 1. The Labute approximate surface area is 176 Å². The van der Waals surface area contributed by atoms with Crippen LogP contribution in [0.1, 0.15) is 51.9 Å². The number of rotatable bonds is 3. The van der Waals surface area contributed by atoms with E-state index in [1.807, 2.05) is 82.3 Å². The average Bonchev–Trinajstić information content (AvgIpc) is 2.67. The van der Waals surface area contributed by atoms with Crippen LogP contribution in [0.15, 0.2) is 59.4 Å². The Morgan fingerprint density at radius 1 is 1.10 bits per heavy atom. The van der Waals surface area contributed by atoms with Gasteiger partial charge in [-0.1, -0.05) is 36.3 Å². The van der Waals surface area contributed by atoms with Gasteiger partial charge in [0.15, 0.2) is 0 Å². The minimum absolute atomic E-state index is 0.176. The zero-order chi connectivity index (χ0) is 21.9. The molecule has 0 spiro atoms. The van der Waals surface area contributed by atoms with Crippen molar-refractivity contribution in [1.29, 1.82) is 0 Å². The fraction of sp³-hybridized carbons (Fsp3) is 0.280. The van der Waals surface area contributed by atoms with E-state index in [9.17, 15) is 9.59 Å². The summed E-state index contributed by atoms with van der Waals surface area (Å²) in [6.45, 7) is 9.01. The molecule has 0 aliphatic heterocycles. The van der Waals surface area contributed by atoms with E-state index in [-0.39, 0.29) is 5.56 Å². The van der Waals surface area contributed by atoms with Crippen molar-refractivity contribution in [3.63, 3.8) is 0 Å². The van der Waals surface area contributed by atoms with Gasteiger partial charge in [-0.3, -0.25) is 9.36 Å². The molecule has 1 aromatic heterocycles. The molecular formula is C25H26N2O3. The highest BCUT2D eigenvalue weighted by Gasteiger charge is 2.22. The number of amides is 1. The molecule has 0 saturated heterocycles. The van der Waals surface area contributed by atoms with E-state index >= 15 is 0 Å². The van der Waals surface area contributed by atoms with Gasteiger partial charge in [0, 0.05) is 16.9 Å². The van der Waals surface area contributed by atoms with Crippen molar-refractivity contribution >= 4 is 16.9 Å². The highest BCUT2D eigenvalue weighted by Crippen LogP contribution is 2.23. The molecular weight excluding hydrogens is 376 g/mol. The Kier molecular flexibility index (Phi) is 5.98. The van der Waals surface area contributed by atoms with Gasteiger partial charge in [0.1, 0.15) is 5.60 Å². The molecule has 1 atom stereocenters. The predicted molar refractivity (Wildman–Crippen MR) is 120 cm³/mol. The average molecular weight is 402 g/mol. The number of aromatic nitrogens is 1. The fourth-order valence-electron chi connectivity index (χ4n) is 3.34. The lowest BCUT2D eigenvalue weighted by molar-refractivity contribution is 0.0506. The van der Waals surface area contributed by atoms with Crippen molar-refractivity contribution in [2.24, 2.45) is 0 Å². The molecule has 154 valence electrons. The molecule has 3 rings (SSSR count). The fourth-order valence-corrected chi connectivity index (χ4v) is 3.34. The van der Waals surface area contributed by atoms with Crippen molar-refractivity contribution in [2.75, 3.05) is 0 Å². The highest BCUT2D eigenvalue weighted by atomic mass is 16.6. The van der Waals surface area contributed by atoms with Crippen molar-refractivity contribution in [1.82, 2.24) is 9.88 Å². The second-order valence-corrected chi connectivity index (χ2v) is 8.06. The second-order valence-electron chi connectivity index (χ2n) is 8.06. The van der Waals surface area contributed by atoms with Gasteiger partial charge in [-0.15, -0.1) is 5.92 Å². The third kappa shape index (κ3) is 4.55. The quantitative estimate of drug-likeness (QED) is 0.631. The summed E-state index contributed by atoms with van der Waals surface area (Å²) >= 11 is 0. The lowest BCUT2D eigenvalue weighted by Gasteiger charge is -2.24. The number of hydrogen-bond acceptors (Lipinski definition) is 3. The van der Waals surface area contributed by atoms with Gasteiger partial charge in [0.05, 0.1) is 11.4 Å². The molecule has 0 saturated carbocycles. The summed E-state index contributed by atoms with van der Waals surface area (Å²) in [5, 5.41) is 4.18. The van der Waals surface area contributed by atoms with Crippen LogP contribution in [0.2, 0.25) is 0 Å². The maximum atomic E-state index is 13.6. The summed E-state index contributed by atoms with van der Waals surface area (Å²) in [6.07, 6.45) is -0.534. The number of alkyl carbamates (subject to hydrolysis) is 1. The molecule has 0 unspecified atom stereocenters. The minimum Gasteiger partial charge on any atom is -0.444 e. The Balaban J connectivity index is 2.21. The topological polar surface area (TPSA) is 60.3 Å². The number of carbonyl (C=O) groups is 1. The number of nitrogens with one attached hydrogen (secondary N) is 1. The zero-order valence-corrected chi connectivity index (χ0v) is 17.9. The number of nitrogens with zero attached hydrogens (tertiary/aromatic N) is 1. The number of para-hydroxylation sites is 1. The monoisotopic (exact) mass is 402 g/mol. The van der Waals surface area contributed by atoms with Gasteiger partial charge in [0.2, 0.25) is 0 Å². The smallest absolute Gasteiger partial charge is 0.408 e. The van der Waals surface area contributed by atoms with Crippen molar-refractivity contribution in [3.8, 4) is 17.5 Å². The van der Waals surface area contributed by atoms with E-state index in [0.717, 1.165) is 11.1 Å². The summed E-state index contributed by atoms with van der Waals surface area (Å²) in [5.74, 6) is 5.90. The van der Waals surface area contributed by atoms with Crippen LogP contribution in [0.3, 0.4) is 0 Å². The molecule has 30 heavy (non-hydrogen) atoms. The van der Waals surface area contributed by atoms with Crippen LogP contribution < -0.4 is 10.9 Å². The molecule has 0 fully saturated rings. The van der Waals surface area contributed by atoms with Gasteiger partial charge in [-0.05, 0) is 64.3 Å². The van der Waals surface area contributed by atoms with E-state index in [2.05, 4.69) is 17.2 Å². The summed E-state index contributed by atoms with van der Waals surface area (Å²) in [4.78, 5) is 26.0. The molecule has 0 aliphatic rings. The maximum Gasteiger partial charge on any atom is 0.408 e. The van der Waals surface area contributed by atoms with E-state index in [1.54, 1.807) is 11.5 Å². The Bertz CT molecular complexity index is 1190. The molecule has 5 nitrogen and oxygen atoms in total. The van der Waals surface area contributed by atoms with Gasteiger partial charge in [-0.25, -0.2) is 4.79 Å². The van der Waals surface area contributed by atoms with Gasteiger partial charge in [0.25, 0.3) is 5.56 Å². The predicted octanol–water partition coefficient (Wildman–Crippen LogP) is 4.95. The maximum absolute atomic E-state index is 13.6. The van der Waals surface area contributed by atoms with Gasteiger partial charge >= 0.3 is 6.09 Å². The molecule has 0 radical (unpaired) electrons. The number of hydrogen-bond donors (Lipinski definition) is 1. The summed E-state index contributed by atoms with van der Waals surface area (Å²) < 4.78 is 7.02. The lowest BCUT2D eigenvalue weighted by Crippen LogP contribution is -2.36. The zero-order valence-electron chi connectivity index (χ0n) is 17.9. The second kappa shape index (κ2) is 8.46. The van der Waals surface area contributed by atoms with E-state index in [0.29, 0.717) is 16.6 Å². The standard InChI is InChI=1S/C25H26N2O3/c1-6-11-18-12-10-13-19-16-21(17(2)26-24(29)30-25(3,4)5)27(23(28)22(18)19)20-14-8-7-9-15-20/h7-10,12-17H,1-5H3,(H,26,29)/t17-/m0/s1. The third-order valence-electron chi connectivity index (χ3n) is 4.53. The van der Waals surface area contributed by atoms with E-state index in [1.165, 1.54) is 0 Å². The lowest BCUT2D eigenvalue weighted by atomic mass is 10.0. The molecule has 1 N–H and O–H groups in total. The normalized spacial score (nSPS) is 12.0.